The summed E-state index contributed by atoms with van der Waals surface area (Å²) in [7, 11) is 0. The Kier molecular flexibility index (Phi) is 5.31. The Morgan fingerprint density at radius 2 is 1.88 bits per heavy atom. The fourth-order valence-corrected chi connectivity index (χ4v) is 2.54. The standard InChI is InChI=1S/C20H21N3O3/c1-13(2)25-18-7-5-4-6-17(18)15-8-10-16(11-9-15)20(24)21-12-19-22-14(3)26-23-19/h4-11,13H,12H2,1-3H3,(H,21,24). The second-order valence-corrected chi connectivity index (χ2v) is 6.15. The molecule has 134 valence electrons. The van der Waals surface area contributed by atoms with Gasteiger partial charge in [-0.2, -0.15) is 4.98 Å². The van der Waals surface area contributed by atoms with Crippen molar-refractivity contribution in [3.63, 3.8) is 0 Å². The van der Waals surface area contributed by atoms with Crippen molar-refractivity contribution in [2.75, 3.05) is 0 Å². The number of para-hydroxylation sites is 1. The smallest absolute Gasteiger partial charge is 0.251 e. The van der Waals surface area contributed by atoms with Gasteiger partial charge >= 0.3 is 0 Å². The molecule has 6 nitrogen and oxygen atoms in total. The number of carbonyl (C=O) groups is 1. The van der Waals surface area contributed by atoms with E-state index in [1.807, 2.05) is 50.2 Å². The molecule has 2 aromatic carbocycles. The molecule has 0 aliphatic heterocycles. The van der Waals surface area contributed by atoms with Crippen LogP contribution in [0.1, 0.15) is 35.9 Å². The zero-order chi connectivity index (χ0) is 18.5. The number of rotatable bonds is 6. The third-order valence-electron chi connectivity index (χ3n) is 3.68. The molecule has 0 bridgehead atoms. The van der Waals surface area contributed by atoms with Gasteiger partial charge < -0.3 is 14.6 Å². The Hall–Kier alpha value is -3.15. The fourth-order valence-electron chi connectivity index (χ4n) is 2.54. The Labute approximate surface area is 152 Å². The van der Waals surface area contributed by atoms with Crippen LogP contribution in [0.25, 0.3) is 11.1 Å². The molecular weight excluding hydrogens is 330 g/mol. The Bertz CT molecular complexity index is 885. The summed E-state index contributed by atoms with van der Waals surface area (Å²) < 4.78 is 10.7. The van der Waals surface area contributed by atoms with Gasteiger partial charge in [-0.3, -0.25) is 4.79 Å². The highest BCUT2D eigenvalue weighted by atomic mass is 16.5. The Morgan fingerprint density at radius 1 is 1.15 bits per heavy atom. The molecule has 0 aliphatic rings. The van der Waals surface area contributed by atoms with Crippen LogP contribution in [0.5, 0.6) is 5.75 Å². The highest BCUT2D eigenvalue weighted by molar-refractivity contribution is 5.94. The summed E-state index contributed by atoms with van der Waals surface area (Å²) in [4.78, 5) is 16.3. The lowest BCUT2D eigenvalue weighted by Crippen LogP contribution is -2.23. The maximum atomic E-state index is 12.3. The van der Waals surface area contributed by atoms with Crippen molar-refractivity contribution in [1.29, 1.82) is 0 Å². The van der Waals surface area contributed by atoms with Gasteiger partial charge in [-0.05, 0) is 37.6 Å². The molecule has 0 saturated carbocycles. The van der Waals surface area contributed by atoms with Crippen LogP contribution >= 0.6 is 0 Å². The van der Waals surface area contributed by atoms with Gasteiger partial charge in [0.05, 0.1) is 12.6 Å². The minimum Gasteiger partial charge on any atom is -0.490 e. The van der Waals surface area contributed by atoms with Crippen LogP contribution in [-0.2, 0) is 6.54 Å². The van der Waals surface area contributed by atoms with E-state index in [0.29, 0.717) is 17.3 Å². The average Bonchev–Trinajstić information content (AvgIpc) is 3.05. The molecule has 0 fully saturated rings. The van der Waals surface area contributed by atoms with Crippen molar-refractivity contribution >= 4 is 5.91 Å². The predicted molar refractivity (Wildman–Crippen MR) is 97.8 cm³/mol. The summed E-state index contributed by atoms with van der Waals surface area (Å²) in [6.07, 6.45) is 0.0926. The molecule has 1 aromatic heterocycles. The lowest BCUT2D eigenvalue weighted by Gasteiger charge is -2.14. The van der Waals surface area contributed by atoms with Gasteiger partial charge in [0.15, 0.2) is 5.82 Å². The van der Waals surface area contributed by atoms with Gasteiger partial charge in [-0.1, -0.05) is 35.5 Å². The largest absolute Gasteiger partial charge is 0.490 e. The monoisotopic (exact) mass is 351 g/mol. The molecule has 3 aromatic rings. The van der Waals surface area contributed by atoms with Crippen molar-refractivity contribution in [2.45, 2.75) is 33.4 Å². The predicted octanol–water partition coefficient (Wildman–Crippen LogP) is 3.76. The molecule has 3 rings (SSSR count). The molecule has 0 atom stereocenters. The van der Waals surface area contributed by atoms with Gasteiger partial charge in [-0.15, -0.1) is 0 Å². The van der Waals surface area contributed by atoms with E-state index in [-0.39, 0.29) is 18.6 Å². The van der Waals surface area contributed by atoms with Gasteiger partial charge in [0.1, 0.15) is 5.75 Å². The molecule has 0 radical (unpaired) electrons. The molecular formula is C20H21N3O3. The number of ether oxygens (including phenoxy) is 1. The molecule has 1 amide bonds. The van der Waals surface area contributed by atoms with Gasteiger partial charge in [-0.25, -0.2) is 0 Å². The molecule has 6 heteroatoms. The van der Waals surface area contributed by atoms with E-state index in [0.717, 1.165) is 16.9 Å². The summed E-state index contributed by atoms with van der Waals surface area (Å²) >= 11 is 0. The molecule has 26 heavy (non-hydrogen) atoms. The average molecular weight is 351 g/mol. The molecule has 0 spiro atoms. The second-order valence-electron chi connectivity index (χ2n) is 6.15. The number of nitrogens with one attached hydrogen (secondary N) is 1. The van der Waals surface area contributed by atoms with Crippen molar-refractivity contribution in [3.05, 3.63) is 65.8 Å². The maximum absolute atomic E-state index is 12.3. The second kappa shape index (κ2) is 7.82. The number of nitrogens with zero attached hydrogens (tertiary/aromatic N) is 2. The van der Waals surface area contributed by atoms with Crippen LogP contribution in [0.15, 0.2) is 53.1 Å². The summed E-state index contributed by atoms with van der Waals surface area (Å²) in [5, 5.41) is 6.53. The SMILES string of the molecule is Cc1nc(CNC(=O)c2ccc(-c3ccccc3OC(C)C)cc2)no1. The highest BCUT2D eigenvalue weighted by Gasteiger charge is 2.11. The Balaban J connectivity index is 1.71. The molecule has 0 unspecified atom stereocenters. The number of benzene rings is 2. The van der Waals surface area contributed by atoms with E-state index in [4.69, 9.17) is 9.26 Å². The quantitative estimate of drug-likeness (QED) is 0.731. The van der Waals surface area contributed by atoms with Crippen molar-refractivity contribution in [3.8, 4) is 16.9 Å². The van der Waals surface area contributed by atoms with Crippen LogP contribution in [0, 0.1) is 6.92 Å². The molecule has 0 saturated heterocycles. The van der Waals surface area contributed by atoms with E-state index in [2.05, 4.69) is 15.5 Å². The van der Waals surface area contributed by atoms with E-state index < -0.39 is 0 Å². The minimum atomic E-state index is -0.189. The van der Waals surface area contributed by atoms with E-state index in [9.17, 15) is 4.79 Å². The zero-order valence-corrected chi connectivity index (χ0v) is 15.0. The zero-order valence-electron chi connectivity index (χ0n) is 15.0. The van der Waals surface area contributed by atoms with E-state index in [1.165, 1.54) is 0 Å². The number of amides is 1. The maximum Gasteiger partial charge on any atom is 0.251 e. The highest BCUT2D eigenvalue weighted by Crippen LogP contribution is 2.30. The fraction of sp³-hybridized carbons (Fsp3) is 0.250. The number of carbonyl (C=O) groups excluding carboxylic acids is 1. The van der Waals surface area contributed by atoms with Crippen LogP contribution in [0.3, 0.4) is 0 Å². The first-order valence-corrected chi connectivity index (χ1v) is 8.46. The first-order chi connectivity index (χ1) is 12.5. The van der Waals surface area contributed by atoms with Crippen molar-refractivity contribution in [2.24, 2.45) is 0 Å². The number of hydrogen-bond donors (Lipinski definition) is 1. The summed E-state index contributed by atoms with van der Waals surface area (Å²) in [5.41, 5.74) is 2.55. The number of aryl methyl sites for hydroxylation is 1. The summed E-state index contributed by atoms with van der Waals surface area (Å²) in [6, 6.07) is 15.3. The van der Waals surface area contributed by atoms with Gasteiger partial charge in [0.25, 0.3) is 5.91 Å². The summed E-state index contributed by atoms with van der Waals surface area (Å²) in [6.45, 7) is 5.92. The van der Waals surface area contributed by atoms with E-state index >= 15 is 0 Å². The first-order valence-electron chi connectivity index (χ1n) is 8.46. The summed E-state index contributed by atoms with van der Waals surface area (Å²) in [5.74, 6) is 1.56. The number of aromatic nitrogens is 2. The van der Waals surface area contributed by atoms with Crippen LogP contribution in [0.2, 0.25) is 0 Å². The Morgan fingerprint density at radius 3 is 2.54 bits per heavy atom. The number of hydrogen-bond acceptors (Lipinski definition) is 5. The molecule has 1 N–H and O–H groups in total. The molecule has 1 heterocycles. The van der Waals surface area contributed by atoms with Crippen LogP contribution in [-0.4, -0.2) is 22.2 Å². The lowest BCUT2D eigenvalue weighted by molar-refractivity contribution is 0.0949. The lowest BCUT2D eigenvalue weighted by atomic mass is 10.0. The van der Waals surface area contributed by atoms with Gasteiger partial charge in [0.2, 0.25) is 5.89 Å². The van der Waals surface area contributed by atoms with Crippen LogP contribution in [0.4, 0.5) is 0 Å². The third-order valence-corrected chi connectivity index (χ3v) is 3.68. The third kappa shape index (κ3) is 4.27. The van der Waals surface area contributed by atoms with Crippen molar-refractivity contribution in [1.82, 2.24) is 15.5 Å². The van der Waals surface area contributed by atoms with Crippen molar-refractivity contribution < 1.29 is 14.1 Å². The van der Waals surface area contributed by atoms with Crippen LogP contribution < -0.4 is 10.1 Å². The van der Waals surface area contributed by atoms with E-state index in [1.54, 1.807) is 19.1 Å². The topological polar surface area (TPSA) is 77.2 Å². The minimum absolute atomic E-state index is 0.0926. The molecule has 0 aliphatic carbocycles. The van der Waals surface area contributed by atoms with Gasteiger partial charge in [0, 0.05) is 18.1 Å². The normalized spacial score (nSPS) is 10.8. The first kappa shape index (κ1) is 17.7.